The summed E-state index contributed by atoms with van der Waals surface area (Å²) in [4.78, 5) is 5.00. The highest BCUT2D eigenvalue weighted by Gasteiger charge is 2.21. The van der Waals surface area contributed by atoms with Gasteiger partial charge in [0.05, 0.1) is 11.0 Å². The lowest BCUT2D eigenvalue weighted by Crippen LogP contribution is -1.83. The molecule has 0 atom stereocenters. The maximum Gasteiger partial charge on any atom is 0.109 e. The Morgan fingerprint density at radius 1 is 0.586 bits per heavy atom. The summed E-state index contributed by atoms with van der Waals surface area (Å²) >= 11 is 1.90. The fourth-order valence-corrected chi connectivity index (χ4v) is 6.59. The fraction of sp³-hybridized carbons (Fsp3) is 0. The van der Waals surface area contributed by atoms with E-state index in [-0.39, 0.29) is 0 Å². The fourth-order valence-electron chi connectivity index (χ4n) is 5.36. The van der Waals surface area contributed by atoms with Crippen molar-refractivity contribution in [1.29, 1.82) is 0 Å². The SMILES string of the molecule is c1ccc2c(c1)sc1c2c2ccc3[nH]c4cccc5c6ccccc6n1c2c3c45. The number of benzene rings is 4. The quantitative estimate of drug-likeness (QED) is 0.276. The van der Waals surface area contributed by atoms with Crippen LogP contribution in [0.25, 0.3) is 69.3 Å². The minimum atomic E-state index is 1.21. The van der Waals surface area contributed by atoms with E-state index in [0.717, 1.165) is 0 Å². The number of hydrogen-bond acceptors (Lipinski definition) is 1. The zero-order valence-corrected chi connectivity index (χ0v) is 16.2. The van der Waals surface area contributed by atoms with Crippen molar-refractivity contribution in [2.24, 2.45) is 0 Å². The summed E-state index contributed by atoms with van der Waals surface area (Å²) < 4.78 is 3.86. The van der Waals surface area contributed by atoms with Gasteiger partial charge in [0.1, 0.15) is 4.83 Å². The molecule has 0 unspecified atom stereocenters. The van der Waals surface area contributed by atoms with E-state index in [0.29, 0.717) is 0 Å². The van der Waals surface area contributed by atoms with Gasteiger partial charge in [-0.15, -0.1) is 11.3 Å². The summed E-state index contributed by atoms with van der Waals surface area (Å²) in [6, 6.07) is 28.8. The van der Waals surface area contributed by atoms with E-state index in [2.05, 4.69) is 88.2 Å². The molecule has 0 saturated carbocycles. The highest BCUT2D eigenvalue weighted by molar-refractivity contribution is 7.25. The van der Waals surface area contributed by atoms with E-state index in [1.807, 2.05) is 11.3 Å². The van der Waals surface area contributed by atoms with Crippen LogP contribution in [0.5, 0.6) is 0 Å². The van der Waals surface area contributed by atoms with E-state index in [1.165, 1.54) is 69.3 Å². The second-order valence-corrected chi connectivity index (χ2v) is 8.90. The summed E-state index contributed by atoms with van der Waals surface area (Å²) in [5.41, 5.74) is 5.03. The van der Waals surface area contributed by atoms with Crippen LogP contribution in [0.2, 0.25) is 0 Å². The lowest BCUT2D eigenvalue weighted by Gasteiger charge is -2.01. The van der Waals surface area contributed by atoms with Crippen LogP contribution in [-0.4, -0.2) is 9.38 Å². The average molecular weight is 386 g/mol. The number of rotatable bonds is 0. The normalized spacial score (nSPS) is 12.8. The molecule has 0 radical (unpaired) electrons. The second-order valence-electron chi connectivity index (χ2n) is 7.87. The van der Waals surface area contributed by atoms with Gasteiger partial charge in [0.25, 0.3) is 0 Å². The molecule has 134 valence electrons. The van der Waals surface area contributed by atoms with Crippen LogP contribution in [-0.2, 0) is 0 Å². The monoisotopic (exact) mass is 386 g/mol. The Morgan fingerprint density at radius 2 is 1.38 bits per heavy atom. The van der Waals surface area contributed by atoms with Gasteiger partial charge in [-0.25, -0.2) is 0 Å². The lowest BCUT2D eigenvalue weighted by atomic mass is 10.0. The van der Waals surface area contributed by atoms with E-state index in [1.54, 1.807) is 0 Å². The smallest absolute Gasteiger partial charge is 0.109 e. The number of nitrogens with zero attached hydrogens (tertiary/aromatic N) is 1. The maximum absolute atomic E-state index is 3.67. The van der Waals surface area contributed by atoms with Crippen LogP contribution < -0.4 is 0 Å². The Labute approximate surface area is 168 Å². The molecular formula is C26H14N2S. The van der Waals surface area contributed by atoms with Crippen molar-refractivity contribution in [3.05, 3.63) is 78.9 Å². The van der Waals surface area contributed by atoms with E-state index in [4.69, 9.17) is 0 Å². The molecular weight excluding hydrogens is 372 g/mol. The van der Waals surface area contributed by atoms with Crippen LogP contribution in [0.15, 0.2) is 78.9 Å². The molecule has 4 aromatic heterocycles. The van der Waals surface area contributed by atoms with Crippen molar-refractivity contribution >= 4 is 80.6 Å². The number of fused-ring (bicyclic) bond motifs is 8. The summed E-state index contributed by atoms with van der Waals surface area (Å²) in [5, 5.41) is 9.38. The van der Waals surface area contributed by atoms with Crippen molar-refractivity contribution in [3.63, 3.8) is 0 Å². The van der Waals surface area contributed by atoms with Crippen molar-refractivity contribution in [2.75, 3.05) is 0 Å². The summed E-state index contributed by atoms with van der Waals surface area (Å²) in [6.45, 7) is 0. The van der Waals surface area contributed by atoms with Crippen LogP contribution in [0.3, 0.4) is 0 Å². The number of hydrogen-bond donors (Lipinski definition) is 1. The van der Waals surface area contributed by atoms with E-state index in [9.17, 15) is 0 Å². The first-order valence-corrected chi connectivity index (χ1v) is 10.7. The molecule has 1 N–H and O–H groups in total. The van der Waals surface area contributed by atoms with Gasteiger partial charge < -0.3 is 4.98 Å². The van der Waals surface area contributed by atoms with Gasteiger partial charge in [-0.2, -0.15) is 0 Å². The third kappa shape index (κ3) is 1.54. The van der Waals surface area contributed by atoms with Crippen molar-refractivity contribution < 1.29 is 0 Å². The summed E-state index contributed by atoms with van der Waals surface area (Å²) in [5.74, 6) is 0. The van der Waals surface area contributed by atoms with Crippen LogP contribution >= 0.6 is 11.3 Å². The Morgan fingerprint density at radius 3 is 2.34 bits per heavy atom. The zero-order valence-electron chi connectivity index (χ0n) is 15.4. The van der Waals surface area contributed by atoms with Gasteiger partial charge in [-0.1, -0.05) is 54.6 Å². The molecule has 4 aromatic carbocycles. The topological polar surface area (TPSA) is 20.2 Å². The molecule has 8 aromatic rings. The molecule has 0 saturated heterocycles. The molecule has 0 amide bonds. The van der Waals surface area contributed by atoms with Gasteiger partial charge in [-0.3, -0.25) is 4.40 Å². The summed E-state index contributed by atoms with van der Waals surface area (Å²) in [6.07, 6.45) is 0. The average Bonchev–Trinajstić information content (AvgIpc) is 3.38. The number of aromatic nitrogens is 2. The van der Waals surface area contributed by atoms with Crippen LogP contribution in [0.1, 0.15) is 0 Å². The van der Waals surface area contributed by atoms with Gasteiger partial charge in [0.2, 0.25) is 0 Å². The van der Waals surface area contributed by atoms with E-state index < -0.39 is 0 Å². The largest absolute Gasteiger partial charge is 0.354 e. The van der Waals surface area contributed by atoms with Crippen molar-refractivity contribution in [1.82, 2.24) is 9.38 Å². The van der Waals surface area contributed by atoms with Gasteiger partial charge in [0.15, 0.2) is 0 Å². The first kappa shape index (κ1) is 14.4. The minimum absolute atomic E-state index is 1.21. The number of aromatic amines is 1. The molecule has 8 rings (SSSR count). The standard InChI is InChI=1S/C26H14N2S/c1-3-10-20-14(6-1)15-8-5-9-18-23(15)24-19(27-18)13-12-17-22-16-7-2-4-11-21(16)29-26(22)28(20)25(17)24/h1-13,27H. The molecule has 2 nitrogen and oxygen atoms in total. The number of H-pyrrole nitrogens is 1. The molecule has 4 heterocycles. The van der Waals surface area contributed by atoms with Crippen LogP contribution in [0.4, 0.5) is 0 Å². The number of thiophene rings is 1. The predicted octanol–water partition coefficient (Wildman–Crippen LogP) is 7.69. The van der Waals surface area contributed by atoms with Crippen LogP contribution in [0, 0.1) is 0 Å². The third-order valence-corrected chi connectivity index (χ3v) is 7.63. The van der Waals surface area contributed by atoms with Crippen molar-refractivity contribution in [2.45, 2.75) is 0 Å². The third-order valence-electron chi connectivity index (χ3n) is 6.47. The predicted molar refractivity (Wildman–Crippen MR) is 126 cm³/mol. The molecule has 3 heteroatoms. The Kier molecular flexibility index (Phi) is 2.34. The maximum atomic E-state index is 3.67. The van der Waals surface area contributed by atoms with Crippen molar-refractivity contribution in [3.8, 4) is 0 Å². The second kappa shape index (κ2) is 4.70. The molecule has 0 bridgehead atoms. The Bertz CT molecular complexity index is 1910. The summed E-state index contributed by atoms with van der Waals surface area (Å²) in [7, 11) is 0. The van der Waals surface area contributed by atoms with Gasteiger partial charge in [0, 0.05) is 48.1 Å². The number of para-hydroxylation sites is 1. The molecule has 0 aliphatic carbocycles. The molecule has 0 fully saturated rings. The molecule has 0 aliphatic rings. The van der Waals surface area contributed by atoms with Gasteiger partial charge >= 0.3 is 0 Å². The first-order valence-electron chi connectivity index (χ1n) is 9.89. The molecule has 0 aliphatic heterocycles. The Hall–Kier alpha value is -3.56. The van der Waals surface area contributed by atoms with Gasteiger partial charge in [-0.05, 0) is 29.7 Å². The highest BCUT2D eigenvalue weighted by Crippen LogP contribution is 2.46. The Balaban J connectivity index is 1.90. The number of nitrogens with one attached hydrogen (secondary N) is 1. The molecule has 0 spiro atoms. The lowest BCUT2D eigenvalue weighted by molar-refractivity contribution is 1.38. The van der Waals surface area contributed by atoms with E-state index >= 15 is 0 Å². The zero-order chi connectivity index (χ0) is 18.7. The highest BCUT2D eigenvalue weighted by atomic mass is 32.1. The molecule has 29 heavy (non-hydrogen) atoms. The minimum Gasteiger partial charge on any atom is -0.354 e. The first-order chi connectivity index (χ1) is 14.4.